The maximum Gasteiger partial charge on any atom is 0.177 e. The van der Waals surface area contributed by atoms with E-state index in [9.17, 15) is 0 Å². The number of amidine groups is 1. The number of hydrazine groups is 2. The van der Waals surface area contributed by atoms with Gasteiger partial charge in [0.05, 0.1) is 27.5 Å². The van der Waals surface area contributed by atoms with E-state index >= 15 is 0 Å². The molecule has 0 bridgehead atoms. The highest BCUT2D eigenvalue weighted by molar-refractivity contribution is 7.98. The third-order valence-corrected chi connectivity index (χ3v) is 6.37. The van der Waals surface area contributed by atoms with E-state index in [2.05, 4.69) is 47.2 Å². The molecule has 9 heteroatoms. The smallest absolute Gasteiger partial charge is 0.177 e. The third-order valence-electron chi connectivity index (χ3n) is 4.42. The second-order valence-corrected chi connectivity index (χ2v) is 8.49. The molecule has 0 unspecified atom stereocenters. The van der Waals surface area contributed by atoms with Gasteiger partial charge in [-0.15, -0.1) is 22.4 Å². The lowest BCUT2D eigenvalue weighted by Crippen LogP contribution is -2.45. The van der Waals surface area contributed by atoms with Crippen LogP contribution < -0.4 is 11.1 Å². The Morgan fingerprint density at radius 2 is 1.86 bits per heavy atom. The van der Waals surface area contributed by atoms with Crippen LogP contribution in [0, 0.1) is 0 Å². The molecule has 0 amide bonds. The first-order valence-electron chi connectivity index (χ1n) is 9.13. The van der Waals surface area contributed by atoms with E-state index in [4.69, 9.17) is 23.2 Å². The van der Waals surface area contributed by atoms with Crippen LogP contribution in [0.25, 0.3) is 5.69 Å². The van der Waals surface area contributed by atoms with Crippen molar-refractivity contribution in [2.45, 2.75) is 30.7 Å². The van der Waals surface area contributed by atoms with Gasteiger partial charge in [-0.25, -0.2) is 10.2 Å². The van der Waals surface area contributed by atoms with Crippen LogP contribution in [0.4, 0.5) is 0 Å². The zero-order chi connectivity index (χ0) is 20.4. The number of nitrogens with one attached hydrogen (secondary N) is 2. The van der Waals surface area contributed by atoms with E-state index in [1.165, 1.54) is 5.56 Å². The number of hydrazone groups is 1. The molecule has 6 nitrogen and oxygen atoms in total. The lowest BCUT2D eigenvalue weighted by molar-refractivity contribution is 0.246. The van der Waals surface area contributed by atoms with E-state index in [1.54, 1.807) is 17.8 Å². The molecule has 1 aliphatic rings. The van der Waals surface area contributed by atoms with Crippen LogP contribution in [0.15, 0.2) is 64.9 Å². The van der Waals surface area contributed by atoms with Gasteiger partial charge < -0.3 is 0 Å². The standard InChI is InChI=1S/C20H20Cl2N6S/c1-13(2)27-19(24-25-26-27)15-11-23-28(17-10-6-9-16(21)18(17)22)20(15)29-12-14-7-4-3-5-8-14/h3-11,13,25-26H,12H2,1-2H3. The Balaban J connectivity index is 1.77. The summed E-state index contributed by atoms with van der Waals surface area (Å²) >= 11 is 14.4. The minimum absolute atomic E-state index is 0.203. The molecule has 0 spiro atoms. The Labute approximate surface area is 183 Å². The first-order chi connectivity index (χ1) is 14.1. The van der Waals surface area contributed by atoms with Crippen LogP contribution in [0.5, 0.6) is 0 Å². The highest BCUT2D eigenvalue weighted by atomic mass is 35.5. The Hall–Kier alpha value is -2.19. The van der Waals surface area contributed by atoms with Gasteiger partial charge in [0.25, 0.3) is 0 Å². The SMILES string of the molecule is CC(C)N1NNN=C1c1cnn(-c2cccc(Cl)c2Cl)c1SCc1ccccc1. The van der Waals surface area contributed by atoms with Crippen molar-refractivity contribution in [3.63, 3.8) is 0 Å². The van der Waals surface area contributed by atoms with Gasteiger partial charge in [-0.05, 0) is 31.5 Å². The topological polar surface area (TPSA) is 57.5 Å². The van der Waals surface area contributed by atoms with Gasteiger partial charge in [-0.3, -0.25) is 5.01 Å². The summed E-state index contributed by atoms with van der Waals surface area (Å²) in [5.41, 5.74) is 8.77. The second-order valence-electron chi connectivity index (χ2n) is 6.75. The van der Waals surface area contributed by atoms with Gasteiger partial charge in [0, 0.05) is 11.8 Å². The molecule has 1 aliphatic heterocycles. The minimum atomic E-state index is 0.203. The van der Waals surface area contributed by atoms with Gasteiger partial charge in [0.1, 0.15) is 5.03 Å². The molecule has 2 N–H and O–H groups in total. The Morgan fingerprint density at radius 1 is 1.07 bits per heavy atom. The quantitative estimate of drug-likeness (QED) is 0.529. The molecular formula is C20H20Cl2N6S. The summed E-state index contributed by atoms with van der Waals surface area (Å²) < 4.78 is 1.83. The number of rotatable bonds is 6. The molecule has 4 rings (SSSR count). The summed E-state index contributed by atoms with van der Waals surface area (Å²) in [6.45, 7) is 4.18. The van der Waals surface area contributed by atoms with Gasteiger partial charge in [-0.2, -0.15) is 5.10 Å². The molecule has 0 saturated carbocycles. The summed E-state index contributed by atoms with van der Waals surface area (Å²) in [5.74, 6) is 1.56. The fourth-order valence-electron chi connectivity index (χ4n) is 2.99. The van der Waals surface area contributed by atoms with E-state index in [-0.39, 0.29) is 6.04 Å². The largest absolute Gasteiger partial charge is 0.268 e. The fourth-order valence-corrected chi connectivity index (χ4v) is 4.42. The predicted molar refractivity (Wildman–Crippen MR) is 119 cm³/mol. The van der Waals surface area contributed by atoms with Gasteiger partial charge >= 0.3 is 0 Å². The molecule has 0 atom stereocenters. The second kappa shape index (κ2) is 8.67. The number of aromatic nitrogens is 2. The highest BCUT2D eigenvalue weighted by Gasteiger charge is 2.27. The lowest BCUT2D eigenvalue weighted by atomic mass is 10.2. The molecule has 2 heterocycles. The minimum Gasteiger partial charge on any atom is -0.268 e. The van der Waals surface area contributed by atoms with Crippen molar-refractivity contribution in [2.24, 2.45) is 5.10 Å². The van der Waals surface area contributed by atoms with Crippen LogP contribution >= 0.6 is 35.0 Å². The number of thioether (sulfide) groups is 1. The summed E-state index contributed by atoms with van der Waals surface area (Å²) in [4.78, 5) is 0. The van der Waals surface area contributed by atoms with Crippen molar-refractivity contribution >= 4 is 40.8 Å². The molecule has 0 saturated heterocycles. The van der Waals surface area contributed by atoms with Gasteiger partial charge in [0.2, 0.25) is 0 Å². The molecule has 3 aromatic rings. The molecule has 150 valence electrons. The van der Waals surface area contributed by atoms with Crippen molar-refractivity contribution in [3.05, 3.63) is 75.9 Å². The highest BCUT2D eigenvalue weighted by Crippen LogP contribution is 2.34. The summed E-state index contributed by atoms with van der Waals surface area (Å²) in [6, 6.07) is 16.1. The van der Waals surface area contributed by atoms with Crippen molar-refractivity contribution in [2.75, 3.05) is 0 Å². The maximum atomic E-state index is 6.50. The molecule has 2 aromatic carbocycles. The summed E-state index contributed by atoms with van der Waals surface area (Å²) in [7, 11) is 0. The van der Waals surface area contributed by atoms with Crippen LogP contribution in [-0.4, -0.2) is 26.7 Å². The monoisotopic (exact) mass is 446 g/mol. The van der Waals surface area contributed by atoms with Crippen LogP contribution in [0.2, 0.25) is 10.0 Å². The number of nitrogens with zero attached hydrogens (tertiary/aromatic N) is 4. The number of hydrogen-bond acceptors (Lipinski definition) is 6. The molecule has 29 heavy (non-hydrogen) atoms. The zero-order valence-electron chi connectivity index (χ0n) is 15.9. The first-order valence-corrected chi connectivity index (χ1v) is 10.9. The molecule has 1 aromatic heterocycles. The number of halogens is 2. The van der Waals surface area contributed by atoms with Crippen molar-refractivity contribution in [1.82, 2.24) is 25.9 Å². The summed E-state index contributed by atoms with van der Waals surface area (Å²) in [5, 5.41) is 12.9. The van der Waals surface area contributed by atoms with Crippen LogP contribution in [0.3, 0.4) is 0 Å². The van der Waals surface area contributed by atoms with Crippen molar-refractivity contribution in [1.29, 1.82) is 0 Å². The first kappa shape index (κ1) is 20.1. The fraction of sp³-hybridized carbons (Fsp3) is 0.200. The zero-order valence-corrected chi connectivity index (χ0v) is 18.3. The summed E-state index contributed by atoms with van der Waals surface area (Å²) in [6.07, 6.45) is 1.81. The Kier molecular flexibility index (Phi) is 6.01. The molecule has 0 radical (unpaired) electrons. The lowest BCUT2D eigenvalue weighted by Gasteiger charge is -2.23. The Morgan fingerprint density at radius 3 is 2.62 bits per heavy atom. The predicted octanol–water partition coefficient (Wildman–Crippen LogP) is 4.87. The van der Waals surface area contributed by atoms with Crippen molar-refractivity contribution < 1.29 is 0 Å². The van der Waals surface area contributed by atoms with Crippen LogP contribution in [-0.2, 0) is 5.75 Å². The van der Waals surface area contributed by atoms with E-state index in [0.717, 1.165) is 27.9 Å². The normalized spacial score (nSPS) is 13.7. The average Bonchev–Trinajstić information content (AvgIpc) is 3.36. The van der Waals surface area contributed by atoms with Gasteiger partial charge in [-0.1, -0.05) is 59.6 Å². The number of benzene rings is 2. The Bertz CT molecular complexity index is 1030. The van der Waals surface area contributed by atoms with E-state index in [1.807, 2.05) is 46.2 Å². The third kappa shape index (κ3) is 4.09. The van der Waals surface area contributed by atoms with Crippen LogP contribution in [0.1, 0.15) is 25.0 Å². The molecular weight excluding hydrogens is 427 g/mol. The molecule has 0 fully saturated rings. The molecule has 0 aliphatic carbocycles. The van der Waals surface area contributed by atoms with E-state index < -0.39 is 0 Å². The van der Waals surface area contributed by atoms with E-state index in [0.29, 0.717) is 10.0 Å². The van der Waals surface area contributed by atoms with Gasteiger partial charge in [0.15, 0.2) is 5.84 Å². The van der Waals surface area contributed by atoms with Crippen molar-refractivity contribution in [3.8, 4) is 5.69 Å². The number of hydrogen-bond donors (Lipinski definition) is 2. The maximum absolute atomic E-state index is 6.50. The average molecular weight is 447 g/mol.